The van der Waals surface area contributed by atoms with Gasteiger partial charge >= 0.3 is 12.0 Å². The molecule has 1 aliphatic heterocycles. The highest BCUT2D eigenvalue weighted by Gasteiger charge is 2.53. The topological polar surface area (TPSA) is 94.2 Å². The second-order valence-corrected chi connectivity index (χ2v) is 3.45. The van der Waals surface area contributed by atoms with Crippen molar-refractivity contribution in [3.63, 3.8) is 0 Å². The Kier molecular flexibility index (Phi) is 3.69. The van der Waals surface area contributed by atoms with Crippen LogP contribution in [0, 0.1) is 0 Å². The summed E-state index contributed by atoms with van der Waals surface area (Å²) in [4.78, 5) is 35.5. The van der Waals surface area contributed by atoms with Crippen molar-refractivity contribution in [2.75, 3.05) is 21.3 Å². The predicted molar refractivity (Wildman–Crippen MR) is 53.6 cm³/mol. The van der Waals surface area contributed by atoms with E-state index in [0.29, 0.717) is 4.90 Å². The Labute approximate surface area is 97.8 Å². The Balaban J connectivity index is 3.02. The number of nitrogens with zero attached hydrogens (tertiary/aromatic N) is 1. The van der Waals surface area contributed by atoms with Crippen molar-refractivity contribution in [2.24, 2.45) is 0 Å². The molecule has 96 valence electrons. The fraction of sp³-hybridized carbons (Fsp3) is 0.667. The molecule has 17 heavy (non-hydrogen) atoms. The highest BCUT2D eigenvalue weighted by molar-refractivity contribution is 6.08. The lowest BCUT2D eigenvalue weighted by molar-refractivity contribution is -0.170. The van der Waals surface area contributed by atoms with E-state index in [2.05, 4.69) is 10.1 Å². The van der Waals surface area contributed by atoms with Gasteiger partial charge in [0.25, 0.3) is 5.91 Å². The van der Waals surface area contributed by atoms with Gasteiger partial charge in [-0.05, 0) is 6.92 Å². The summed E-state index contributed by atoms with van der Waals surface area (Å²) in [6, 6.07) is -0.781. The first-order chi connectivity index (χ1) is 7.91. The van der Waals surface area contributed by atoms with E-state index in [0.717, 1.165) is 7.11 Å². The monoisotopic (exact) mass is 246 g/mol. The van der Waals surface area contributed by atoms with Gasteiger partial charge in [0.2, 0.25) is 12.0 Å². The molecule has 0 aromatic heterocycles. The lowest BCUT2D eigenvalue weighted by Gasteiger charge is -2.23. The summed E-state index contributed by atoms with van der Waals surface area (Å²) in [6.45, 7) is 1.37. The number of hydrogen-bond acceptors (Lipinski definition) is 6. The second kappa shape index (κ2) is 4.68. The van der Waals surface area contributed by atoms with Crippen molar-refractivity contribution in [1.82, 2.24) is 10.2 Å². The molecule has 2 atom stereocenters. The van der Waals surface area contributed by atoms with E-state index in [4.69, 9.17) is 9.47 Å². The van der Waals surface area contributed by atoms with Gasteiger partial charge in [0, 0.05) is 14.2 Å². The van der Waals surface area contributed by atoms with Crippen LogP contribution in [0.3, 0.4) is 0 Å². The van der Waals surface area contributed by atoms with Crippen molar-refractivity contribution < 1.29 is 28.6 Å². The summed E-state index contributed by atoms with van der Waals surface area (Å²) in [5.41, 5.74) is -1.50. The van der Waals surface area contributed by atoms with Gasteiger partial charge in [-0.15, -0.1) is 0 Å². The molecule has 1 aliphatic rings. The number of hydrogen-bond donors (Lipinski definition) is 1. The fourth-order valence-electron chi connectivity index (χ4n) is 1.40. The summed E-state index contributed by atoms with van der Waals surface area (Å²) in [5, 5.41) is 2.30. The van der Waals surface area contributed by atoms with Gasteiger partial charge in [-0.3, -0.25) is 4.79 Å². The zero-order valence-electron chi connectivity index (χ0n) is 9.97. The van der Waals surface area contributed by atoms with Crippen LogP contribution in [-0.4, -0.2) is 56.1 Å². The third-order valence-electron chi connectivity index (χ3n) is 2.46. The minimum atomic E-state index is -1.50. The number of amides is 3. The molecular formula is C9H14N2O6. The quantitative estimate of drug-likeness (QED) is 0.507. The molecule has 1 heterocycles. The summed E-state index contributed by atoms with van der Waals surface area (Å²) in [6.07, 6.45) is -1.43. The second-order valence-electron chi connectivity index (χ2n) is 3.45. The van der Waals surface area contributed by atoms with Crippen molar-refractivity contribution in [1.29, 1.82) is 0 Å². The number of nitrogens with one attached hydrogen (secondary N) is 1. The molecule has 0 bridgehead atoms. The molecule has 8 heteroatoms. The Morgan fingerprint density at radius 3 is 2.29 bits per heavy atom. The molecule has 0 radical (unpaired) electrons. The number of urea groups is 1. The number of imide groups is 1. The summed E-state index contributed by atoms with van der Waals surface area (Å²) < 4.78 is 14.1. The van der Waals surface area contributed by atoms with E-state index in [-0.39, 0.29) is 0 Å². The fourth-order valence-corrected chi connectivity index (χ4v) is 1.40. The summed E-state index contributed by atoms with van der Waals surface area (Å²) in [7, 11) is 3.58. The minimum Gasteiger partial charge on any atom is -0.466 e. The van der Waals surface area contributed by atoms with E-state index in [1.807, 2.05) is 0 Å². The van der Waals surface area contributed by atoms with Crippen molar-refractivity contribution >= 4 is 17.9 Å². The van der Waals surface area contributed by atoms with Gasteiger partial charge in [-0.1, -0.05) is 0 Å². The van der Waals surface area contributed by atoms with Crippen LogP contribution in [0.1, 0.15) is 6.92 Å². The van der Waals surface area contributed by atoms with Crippen LogP contribution in [0.4, 0.5) is 4.79 Å². The van der Waals surface area contributed by atoms with Crippen LogP contribution in [-0.2, 0) is 23.8 Å². The first-order valence-corrected chi connectivity index (χ1v) is 4.73. The van der Waals surface area contributed by atoms with Crippen molar-refractivity contribution in [2.45, 2.75) is 18.9 Å². The molecule has 0 aromatic rings. The van der Waals surface area contributed by atoms with Crippen LogP contribution in [0.15, 0.2) is 0 Å². The molecule has 0 spiro atoms. The average molecular weight is 246 g/mol. The summed E-state index contributed by atoms with van der Waals surface area (Å²) in [5.74, 6) is -1.57. The average Bonchev–Trinajstić information content (AvgIpc) is 2.54. The van der Waals surface area contributed by atoms with Crippen LogP contribution >= 0.6 is 0 Å². The molecule has 3 amide bonds. The maximum absolute atomic E-state index is 11.9. The Morgan fingerprint density at radius 1 is 1.35 bits per heavy atom. The zero-order valence-corrected chi connectivity index (χ0v) is 9.97. The Hall–Kier alpha value is -1.67. The van der Waals surface area contributed by atoms with Crippen molar-refractivity contribution in [3.05, 3.63) is 0 Å². The van der Waals surface area contributed by atoms with Gasteiger partial charge in [0.1, 0.15) is 0 Å². The van der Waals surface area contributed by atoms with E-state index in [1.165, 1.54) is 21.1 Å². The number of methoxy groups -OCH3 is 3. The number of carbonyl (C=O) groups excluding carboxylic acids is 3. The predicted octanol–water partition coefficient (Wildman–Crippen LogP) is -0.954. The van der Waals surface area contributed by atoms with E-state index in [1.54, 1.807) is 0 Å². The molecule has 8 nitrogen and oxygen atoms in total. The molecule has 0 saturated carbocycles. The zero-order chi connectivity index (χ0) is 13.2. The standard InChI is InChI=1S/C9H14N2O6/c1-9(17-4)7(13)11(8(14)10-9)5(15-2)6(12)16-3/h5H,1-4H3,(H,10,14)/t5-,9+/m0/s1. The van der Waals surface area contributed by atoms with Crippen LogP contribution in [0.5, 0.6) is 0 Å². The van der Waals surface area contributed by atoms with E-state index >= 15 is 0 Å². The molecule has 0 unspecified atom stereocenters. The molecule has 1 rings (SSSR count). The molecule has 1 fully saturated rings. The molecular weight excluding hydrogens is 232 g/mol. The largest absolute Gasteiger partial charge is 0.466 e. The Bertz CT molecular complexity index is 357. The van der Waals surface area contributed by atoms with Gasteiger partial charge < -0.3 is 19.5 Å². The molecule has 0 aromatic carbocycles. The van der Waals surface area contributed by atoms with Crippen LogP contribution in [0.25, 0.3) is 0 Å². The SMILES string of the molecule is COC(=O)[C@H](OC)N1C(=O)N[C@](C)(OC)C1=O. The maximum atomic E-state index is 11.9. The van der Waals surface area contributed by atoms with Gasteiger partial charge in [0.15, 0.2) is 0 Å². The highest BCUT2D eigenvalue weighted by Crippen LogP contribution is 2.21. The smallest absolute Gasteiger partial charge is 0.356 e. The third-order valence-corrected chi connectivity index (χ3v) is 2.46. The lowest BCUT2D eigenvalue weighted by atomic mass is 10.2. The maximum Gasteiger partial charge on any atom is 0.356 e. The van der Waals surface area contributed by atoms with Gasteiger partial charge in [0.05, 0.1) is 7.11 Å². The normalized spacial score (nSPS) is 25.8. The molecule has 1 saturated heterocycles. The van der Waals surface area contributed by atoms with Gasteiger partial charge in [-0.2, -0.15) is 0 Å². The lowest BCUT2D eigenvalue weighted by Crippen LogP contribution is -2.49. The van der Waals surface area contributed by atoms with Crippen LogP contribution < -0.4 is 5.32 Å². The molecule has 0 aliphatic carbocycles. The van der Waals surface area contributed by atoms with Crippen LogP contribution in [0.2, 0.25) is 0 Å². The number of carbonyl (C=O) groups is 3. The Morgan fingerprint density at radius 2 is 1.94 bits per heavy atom. The van der Waals surface area contributed by atoms with E-state index < -0.39 is 29.9 Å². The number of ether oxygens (including phenoxy) is 3. The first-order valence-electron chi connectivity index (χ1n) is 4.73. The van der Waals surface area contributed by atoms with Crippen molar-refractivity contribution in [3.8, 4) is 0 Å². The summed E-state index contributed by atoms with van der Waals surface area (Å²) >= 11 is 0. The van der Waals surface area contributed by atoms with Gasteiger partial charge in [-0.25, -0.2) is 14.5 Å². The minimum absolute atomic E-state index is 0.620. The highest BCUT2D eigenvalue weighted by atomic mass is 16.6. The first kappa shape index (κ1) is 13.4. The van der Waals surface area contributed by atoms with E-state index in [9.17, 15) is 14.4 Å². The molecule has 1 N–H and O–H groups in total. The third kappa shape index (κ3) is 2.08. The number of esters is 1. The number of rotatable bonds is 4.